The first kappa shape index (κ1) is 14.0. The van der Waals surface area contributed by atoms with Gasteiger partial charge >= 0.3 is 0 Å². The lowest BCUT2D eigenvalue weighted by molar-refractivity contribution is -0.662. The highest BCUT2D eigenvalue weighted by molar-refractivity contribution is 5.79. The predicted octanol–water partition coefficient (Wildman–Crippen LogP) is 3.51. The van der Waals surface area contributed by atoms with Crippen LogP contribution in [-0.2, 0) is 13.0 Å². The minimum atomic E-state index is -0.212. The summed E-state index contributed by atoms with van der Waals surface area (Å²) < 4.78 is 26.7. The molecule has 0 saturated heterocycles. The molecule has 0 fully saturated rings. The number of nitrogens with zero attached hydrogens (tertiary/aromatic N) is 1. The van der Waals surface area contributed by atoms with E-state index in [9.17, 15) is 4.39 Å². The highest BCUT2D eigenvalue weighted by Gasteiger charge is 2.27. The van der Waals surface area contributed by atoms with E-state index in [4.69, 9.17) is 9.47 Å². The number of hydrogen-bond donors (Lipinski definition) is 0. The molecule has 0 amide bonds. The van der Waals surface area contributed by atoms with Gasteiger partial charge < -0.3 is 9.47 Å². The van der Waals surface area contributed by atoms with Crippen molar-refractivity contribution in [2.75, 3.05) is 14.2 Å². The average Bonchev–Trinajstić information content (AvgIpc) is 2.59. The van der Waals surface area contributed by atoms with E-state index in [2.05, 4.69) is 10.6 Å². The van der Waals surface area contributed by atoms with Crippen LogP contribution in [0.5, 0.6) is 11.5 Å². The van der Waals surface area contributed by atoms with Gasteiger partial charge in [-0.25, -0.2) is 4.39 Å². The normalized spacial score (nSPS) is 12.7. The van der Waals surface area contributed by atoms with Crippen LogP contribution in [0, 0.1) is 5.82 Å². The van der Waals surface area contributed by atoms with E-state index in [1.807, 2.05) is 24.3 Å². The number of pyridine rings is 1. The van der Waals surface area contributed by atoms with E-state index in [-0.39, 0.29) is 5.82 Å². The lowest BCUT2D eigenvalue weighted by atomic mass is 9.95. The molecule has 116 valence electrons. The molecule has 0 radical (unpaired) electrons. The summed E-state index contributed by atoms with van der Waals surface area (Å²) in [6.07, 6.45) is 0.878. The molecule has 3 nitrogen and oxygen atoms in total. The Balaban J connectivity index is 1.99. The summed E-state index contributed by atoms with van der Waals surface area (Å²) in [5, 5.41) is 1.04. The monoisotopic (exact) mass is 310 g/mol. The molecule has 2 heterocycles. The Morgan fingerprint density at radius 1 is 0.957 bits per heavy atom. The third-order valence-electron chi connectivity index (χ3n) is 4.48. The molecule has 4 rings (SSSR count). The lowest BCUT2D eigenvalue weighted by Crippen LogP contribution is -2.41. The third-order valence-corrected chi connectivity index (χ3v) is 4.48. The molecule has 4 heteroatoms. The van der Waals surface area contributed by atoms with Crippen molar-refractivity contribution in [2.24, 2.45) is 0 Å². The van der Waals surface area contributed by atoms with E-state index in [0.29, 0.717) is 5.75 Å². The molecule has 0 aliphatic carbocycles. The number of fused-ring (bicyclic) bond motifs is 5. The molecule has 3 aromatic rings. The molecule has 1 aromatic heterocycles. The fraction of sp³-hybridized carbons (Fsp3) is 0.211. The highest BCUT2D eigenvalue weighted by atomic mass is 19.1. The second-order valence-corrected chi connectivity index (χ2v) is 5.69. The van der Waals surface area contributed by atoms with Crippen LogP contribution in [-0.4, -0.2) is 14.2 Å². The molecule has 0 unspecified atom stereocenters. The Morgan fingerprint density at radius 2 is 1.70 bits per heavy atom. The fourth-order valence-corrected chi connectivity index (χ4v) is 3.35. The predicted molar refractivity (Wildman–Crippen MR) is 86.3 cm³/mol. The first-order chi connectivity index (χ1) is 11.2. The topological polar surface area (TPSA) is 22.3 Å². The quantitative estimate of drug-likeness (QED) is 0.676. The van der Waals surface area contributed by atoms with E-state index in [1.165, 1.54) is 11.6 Å². The second-order valence-electron chi connectivity index (χ2n) is 5.69. The van der Waals surface area contributed by atoms with Crippen LogP contribution in [0.4, 0.5) is 4.39 Å². The van der Waals surface area contributed by atoms with Crippen molar-refractivity contribution >= 4 is 10.9 Å². The van der Waals surface area contributed by atoms with E-state index < -0.39 is 0 Å². The smallest absolute Gasteiger partial charge is 0.215 e. The average molecular weight is 310 g/mol. The van der Waals surface area contributed by atoms with E-state index in [0.717, 1.165) is 40.9 Å². The van der Waals surface area contributed by atoms with Crippen LogP contribution in [0.15, 0.2) is 42.5 Å². The maximum Gasteiger partial charge on any atom is 0.215 e. The zero-order valence-electron chi connectivity index (χ0n) is 13.1. The maximum atomic E-state index is 13.7. The number of benzene rings is 2. The van der Waals surface area contributed by atoms with Gasteiger partial charge in [0, 0.05) is 23.9 Å². The number of hydrogen-bond acceptors (Lipinski definition) is 2. The second kappa shape index (κ2) is 5.23. The molecule has 23 heavy (non-hydrogen) atoms. The summed E-state index contributed by atoms with van der Waals surface area (Å²) in [6.45, 7) is 0.818. The van der Waals surface area contributed by atoms with E-state index in [1.54, 1.807) is 20.3 Å². The minimum Gasteiger partial charge on any atom is -0.493 e. The van der Waals surface area contributed by atoms with Gasteiger partial charge in [-0.15, -0.1) is 0 Å². The number of aromatic nitrogens is 1. The first-order valence-corrected chi connectivity index (χ1v) is 7.58. The zero-order valence-corrected chi connectivity index (χ0v) is 13.1. The van der Waals surface area contributed by atoms with Crippen LogP contribution in [0.1, 0.15) is 5.56 Å². The van der Waals surface area contributed by atoms with Gasteiger partial charge in [0.25, 0.3) is 0 Å². The molecule has 1 aliphatic rings. The Labute approximate surface area is 133 Å². The van der Waals surface area contributed by atoms with Gasteiger partial charge in [-0.05, 0) is 35.9 Å². The minimum absolute atomic E-state index is 0.212. The van der Waals surface area contributed by atoms with Gasteiger partial charge in [-0.3, -0.25) is 0 Å². The number of methoxy groups -OCH3 is 2. The van der Waals surface area contributed by atoms with Crippen molar-refractivity contribution in [1.29, 1.82) is 0 Å². The molecule has 0 atom stereocenters. The standard InChI is InChI=1S/C19H17FNO2/c1-22-18-9-13-7-8-21-16(15(13)11-19(18)23-2)6-4-12-3-5-14(20)10-17(12)21/h3-6,9-11H,7-8H2,1-2H3/q+1. The van der Waals surface area contributed by atoms with Gasteiger partial charge in [-0.2, -0.15) is 4.57 Å². The Bertz CT molecular complexity index is 921. The van der Waals surface area contributed by atoms with Crippen LogP contribution >= 0.6 is 0 Å². The summed E-state index contributed by atoms with van der Waals surface area (Å²) in [6, 6.07) is 13.1. The molecular formula is C19H17FNO2+. The van der Waals surface area contributed by atoms with E-state index >= 15 is 0 Å². The van der Waals surface area contributed by atoms with Crippen LogP contribution in [0.2, 0.25) is 0 Å². The Hall–Kier alpha value is -2.62. The zero-order chi connectivity index (χ0) is 16.0. The maximum absolute atomic E-state index is 13.7. The Morgan fingerprint density at radius 3 is 2.48 bits per heavy atom. The number of ether oxygens (including phenoxy) is 2. The number of halogens is 1. The van der Waals surface area contributed by atoms with Crippen molar-refractivity contribution in [2.45, 2.75) is 13.0 Å². The third kappa shape index (κ3) is 2.13. The molecular weight excluding hydrogens is 293 g/mol. The van der Waals surface area contributed by atoms with Gasteiger partial charge in [0.15, 0.2) is 18.0 Å². The molecule has 0 bridgehead atoms. The van der Waals surface area contributed by atoms with Crippen LogP contribution < -0.4 is 14.0 Å². The molecule has 2 aromatic carbocycles. The Kier molecular flexibility index (Phi) is 3.18. The van der Waals surface area contributed by atoms with Crippen molar-refractivity contribution < 1.29 is 18.4 Å². The van der Waals surface area contributed by atoms with Crippen molar-refractivity contribution in [3.63, 3.8) is 0 Å². The fourth-order valence-electron chi connectivity index (χ4n) is 3.35. The highest BCUT2D eigenvalue weighted by Crippen LogP contribution is 2.37. The van der Waals surface area contributed by atoms with Crippen molar-refractivity contribution in [3.05, 3.63) is 53.8 Å². The van der Waals surface area contributed by atoms with Gasteiger partial charge in [0.05, 0.1) is 19.8 Å². The SMILES string of the molecule is COc1cc2c(cc1OC)-c1ccc3ccc(F)cc3[n+]1CC2. The number of aryl methyl sites for hydroxylation is 2. The lowest BCUT2D eigenvalue weighted by Gasteiger charge is -2.18. The molecule has 0 N–H and O–H groups in total. The summed E-state index contributed by atoms with van der Waals surface area (Å²) >= 11 is 0. The van der Waals surface area contributed by atoms with Crippen LogP contribution in [0.25, 0.3) is 22.2 Å². The summed E-state index contributed by atoms with van der Waals surface area (Å²) in [7, 11) is 3.28. The number of rotatable bonds is 2. The molecule has 1 aliphatic heterocycles. The van der Waals surface area contributed by atoms with Gasteiger partial charge in [-0.1, -0.05) is 0 Å². The largest absolute Gasteiger partial charge is 0.493 e. The van der Waals surface area contributed by atoms with Crippen LogP contribution in [0.3, 0.4) is 0 Å². The van der Waals surface area contributed by atoms with Crippen molar-refractivity contribution in [3.8, 4) is 22.8 Å². The summed E-state index contributed by atoms with van der Waals surface area (Å²) in [4.78, 5) is 0. The summed E-state index contributed by atoms with van der Waals surface area (Å²) in [5.41, 5.74) is 4.33. The van der Waals surface area contributed by atoms with Crippen molar-refractivity contribution in [1.82, 2.24) is 0 Å². The molecule has 0 saturated carbocycles. The van der Waals surface area contributed by atoms with Gasteiger partial charge in [0.1, 0.15) is 5.82 Å². The first-order valence-electron chi connectivity index (χ1n) is 7.58. The summed E-state index contributed by atoms with van der Waals surface area (Å²) in [5.74, 6) is 1.24. The van der Waals surface area contributed by atoms with Gasteiger partial charge in [0.2, 0.25) is 11.2 Å². The molecule has 0 spiro atoms.